The fourth-order valence-electron chi connectivity index (χ4n) is 2.65. The smallest absolute Gasteiger partial charge is 0.270 e. The number of carbonyl (C=O) groups excluding carboxylic acids is 1. The molecule has 0 spiro atoms. The van der Waals surface area contributed by atoms with Gasteiger partial charge in [0.25, 0.3) is 5.91 Å². The Balaban J connectivity index is 1.68. The average Bonchev–Trinajstić information content (AvgIpc) is 2.68. The van der Waals surface area contributed by atoms with Crippen LogP contribution in [-0.2, 0) is 6.42 Å². The summed E-state index contributed by atoms with van der Waals surface area (Å²) in [5.74, 6) is -0.0214. The van der Waals surface area contributed by atoms with Crippen molar-refractivity contribution < 1.29 is 4.79 Å². The van der Waals surface area contributed by atoms with Crippen molar-refractivity contribution in [2.75, 3.05) is 11.9 Å². The third-order valence-corrected chi connectivity index (χ3v) is 4.20. The Morgan fingerprint density at radius 1 is 1.14 bits per heavy atom. The molecule has 0 saturated carbocycles. The maximum absolute atomic E-state index is 12.5. The van der Waals surface area contributed by atoms with Gasteiger partial charge in [-0.3, -0.25) is 4.79 Å². The van der Waals surface area contributed by atoms with Crippen LogP contribution in [0.1, 0.15) is 27.3 Å². The molecule has 3 rings (SSSR count). The van der Waals surface area contributed by atoms with Crippen LogP contribution in [0, 0.1) is 18.3 Å². The number of aromatic nitrogens is 2. The predicted molar refractivity (Wildman–Crippen MR) is 109 cm³/mol. The van der Waals surface area contributed by atoms with E-state index in [0.29, 0.717) is 34.9 Å². The van der Waals surface area contributed by atoms with Crippen LogP contribution in [-0.4, -0.2) is 22.4 Å². The molecule has 1 amide bonds. The minimum atomic E-state index is -0.288. The summed E-state index contributed by atoms with van der Waals surface area (Å²) in [5, 5.41) is 15.7. The molecule has 0 aliphatic heterocycles. The number of amides is 1. The van der Waals surface area contributed by atoms with E-state index >= 15 is 0 Å². The molecule has 2 N–H and O–H groups in total. The number of benzene rings is 2. The average molecular weight is 392 g/mol. The SMILES string of the molecule is Cc1cc(C(=O)NCCc2cccc(Cl)c2)nc(Nc2ccccc2C#N)n1. The molecule has 0 fully saturated rings. The van der Waals surface area contributed by atoms with Gasteiger partial charge in [0, 0.05) is 17.3 Å². The van der Waals surface area contributed by atoms with Gasteiger partial charge >= 0.3 is 0 Å². The topological polar surface area (TPSA) is 90.7 Å². The molecule has 0 aliphatic rings. The van der Waals surface area contributed by atoms with E-state index in [1.807, 2.05) is 30.3 Å². The Kier molecular flexibility index (Phi) is 6.20. The lowest BCUT2D eigenvalue weighted by atomic mass is 10.1. The number of hydrogen-bond donors (Lipinski definition) is 2. The van der Waals surface area contributed by atoms with Crippen molar-refractivity contribution >= 4 is 29.1 Å². The molecule has 0 unspecified atom stereocenters. The first-order valence-corrected chi connectivity index (χ1v) is 9.07. The molecule has 6 nitrogen and oxygen atoms in total. The van der Waals surface area contributed by atoms with Gasteiger partial charge < -0.3 is 10.6 Å². The Bertz CT molecular complexity index is 1040. The number of halogens is 1. The second-order valence-electron chi connectivity index (χ2n) is 6.14. The van der Waals surface area contributed by atoms with Gasteiger partial charge in [0.15, 0.2) is 0 Å². The lowest BCUT2D eigenvalue weighted by Gasteiger charge is -2.10. The van der Waals surface area contributed by atoms with Crippen LogP contribution in [0.15, 0.2) is 54.6 Å². The van der Waals surface area contributed by atoms with Gasteiger partial charge in [-0.05, 0) is 49.2 Å². The molecule has 3 aromatic rings. The molecule has 28 heavy (non-hydrogen) atoms. The number of carbonyl (C=O) groups is 1. The first kappa shape index (κ1) is 19.3. The Morgan fingerprint density at radius 3 is 2.75 bits per heavy atom. The number of rotatable bonds is 6. The third-order valence-electron chi connectivity index (χ3n) is 3.97. The molecule has 0 atom stereocenters. The van der Waals surface area contributed by atoms with Crippen LogP contribution in [0.4, 0.5) is 11.6 Å². The van der Waals surface area contributed by atoms with Gasteiger partial charge in [-0.1, -0.05) is 35.9 Å². The summed E-state index contributed by atoms with van der Waals surface area (Å²) in [5.41, 5.74) is 3.01. The van der Waals surface area contributed by atoms with Gasteiger partial charge in [-0.2, -0.15) is 5.26 Å². The second kappa shape index (κ2) is 8.98. The summed E-state index contributed by atoms with van der Waals surface area (Å²) in [4.78, 5) is 21.1. The van der Waals surface area contributed by atoms with E-state index in [1.165, 1.54) is 0 Å². The molecule has 0 saturated heterocycles. The predicted octanol–water partition coefficient (Wildman–Crippen LogP) is 4.03. The minimum Gasteiger partial charge on any atom is -0.350 e. The van der Waals surface area contributed by atoms with Crippen LogP contribution in [0.2, 0.25) is 5.02 Å². The molecule has 0 bridgehead atoms. The maximum Gasteiger partial charge on any atom is 0.270 e. The molecule has 0 radical (unpaired) electrons. The van der Waals surface area contributed by atoms with E-state index in [9.17, 15) is 10.1 Å². The Labute approximate surface area is 168 Å². The zero-order valence-electron chi connectivity index (χ0n) is 15.2. The molecule has 0 aliphatic carbocycles. The summed E-state index contributed by atoms with van der Waals surface area (Å²) < 4.78 is 0. The summed E-state index contributed by atoms with van der Waals surface area (Å²) in [6, 6.07) is 18.3. The van der Waals surface area contributed by atoms with Crippen molar-refractivity contribution in [1.29, 1.82) is 5.26 Å². The fourth-order valence-corrected chi connectivity index (χ4v) is 2.87. The van der Waals surface area contributed by atoms with Crippen LogP contribution in [0.25, 0.3) is 0 Å². The number of nitriles is 1. The number of para-hydroxylation sites is 1. The Hall–Kier alpha value is -3.43. The highest BCUT2D eigenvalue weighted by Gasteiger charge is 2.11. The van der Waals surface area contributed by atoms with E-state index < -0.39 is 0 Å². The van der Waals surface area contributed by atoms with Crippen LogP contribution < -0.4 is 10.6 Å². The zero-order valence-corrected chi connectivity index (χ0v) is 16.0. The standard InChI is InChI=1S/C21H18ClN5O/c1-14-11-19(20(28)24-10-9-15-5-4-7-17(22)12-15)27-21(25-14)26-18-8-3-2-6-16(18)13-23/h2-8,11-12H,9-10H2,1H3,(H,24,28)(H,25,26,27). The fraction of sp³-hybridized carbons (Fsp3) is 0.143. The van der Waals surface area contributed by atoms with Crippen LogP contribution >= 0.6 is 11.6 Å². The number of aryl methyl sites for hydroxylation is 1. The van der Waals surface area contributed by atoms with E-state index in [2.05, 4.69) is 26.7 Å². The molecule has 7 heteroatoms. The number of anilines is 2. The van der Waals surface area contributed by atoms with Crippen molar-refractivity contribution in [3.05, 3.63) is 82.1 Å². The van der Waals surface area contributed by atoms with Crippen molar-refractivity contribution in [3.8, 4) is 6.07 Å². The molecule has 1 aromatic heterocycles. The lowest BCUT2D eigenvalue weighted by Crippen LogP contribution is -2.27. The van der Waals surface area contributed by atoms with E-state index in [0.717, 1.165) is 5.56 Å². The van der Waals surface area contributed by atoms with Crippen molar-refractivity contribution in [2.24, 2.45) is 0 Å². The molecule has 2 aromatic carbocycles. The monoisotopic (exact) mass is 391 g/mol. The van der Waals surface area contributed by atoms with Crippen molar-refractivity contribution in [1.82, 2.24) is 15.3 Å². The quantitative estimate of drug-likeness (QED) is 0.662. The highest BCUT2D eigenvalue weighted by Crippen LogP contribution is 2.18. The minimum absolute atomic E-state index is 0.260. The van der Waals surface area contributed by atoms with Gasteiger partial charge in [0.2, 0.25) is 5.95 Å². The van der Waals surface area contributed by atoms with Crippen LogP contribution in [0.5, 0.6) is 0 Å². The maximum atomic E-state index is 12.5. The van der Waals surface area contributed by atoms with E-state index in [4.69, 9.17) is 11.6 Å². The normalized spacial score (nSPS) is 10.2. The van der Waals surface area contributed by atoms with E-state index in [1.54, 1.807) is 31.2 Å². The van der Waals surface area contributed by atoms with Crippen molar-refractivity contribution in [2.45, 2.75) is 13.3 Å². The second-order valence-corrected chi connectivity index (χ2v) is 6.57. The van der Waals surface area contributed by atoms with Crippen molar-refractivity contribution in [3.63, 3.8) is 0 Å². The largest absolute Gasteiger partial charge is 0.350 e. The number of nitrogens with one attached hydrogen (secondary N) is 2. The highest BCUT2D eigenvalue weighted by molar-refractivity contribution is 6.30. The van der Waals surface area contributed by atoms with Crippen LogP contribution in [0.3, 0.4) is 0 Å². The first-order valence-electron chi connectivity index (χ1n) is 8.69. The van der Waals surface area contributed by atoms with Gasteiger partial charge in [0.1, 0.15) is 11.8 Å². The number of hydrogen-bond acceptors (Lipinski definition) is 5. The van der Waals surface area contributed by atoms with Gasteiger partial charge in [-0.15, -0.1) is 0 Å². The summed E-state index contributed by atoms with van der Waals surface area (Å²) in [6.45, 7) is 2.24. The first-order chi connectivity index (χ1) is 13.5. The third kappa shape index (κ3) is 5.06. The summed E-state index contributed by atoms with van der Waals surface area (Å²) in [7, 11) is 0. The van der Waals surface area contributed by atoms with Gasteiger partial charge in [0.05, 0.1) is 11.3 Å². The Morgan fingerprint density at radius 2 is 1.96 bits per heavy atom. The van der Waals surface area contributed by atoms with E-state index in [-0.39, 0.29) is 17.5 Å². The van der Waals surface area contributed by atoms with Gasteiger partial charge in [-0.25, -0.2) is 9.97 Å². The number of nitrogens with zero attached hydrogens (tertiary/aromatic N) is 3. The summed E-state index contributed by atoms with van der Waals surface area (Å²) in [6.07, 6.45) is 0.664. The lowest BCUT2D eigenvalue weighted by molar-refractivity contribution is 0.0949. The summed E-state index contributed by atoms with van der Waals surface area (Å²) >= 11 is 5.97. The molecular formula is C21H18ClN5O. The highest BCUT2D eigenvalue weighted by atomic mass is 35.5. The molecular weight excluding hydrogens is 374 g/mol. The molecule has 1 heterocycles. The zero-order chi connectivity index (χ0) is 19.9. The molecule has 140 valence electrons.